The number of aliphatic hydroxyl groups is 1. The molecule has 1 aromatic carbocycles. The second kappa shape index (κ2) is 3.27. The Morgan fingerprint density at radius 2 is 1.95 bits per heavy atom. The molecule has 19 heavy (non-hydrogen) atoms. The van der Waals surface area contributed by atoms with Gasteiger partial charge in [-0.2, -0.15) is 0 Å². The predicted molar refractivity (Wildman–Crippen MR) is 70.0 cm³/mol. The fraction of sp³-hybridized carbons (Fsp3) is 0.267. The maximum atomic E-state index is 9.54. The number of hydrogen-bond donors (Lipinski definition) is 1. The van der Waals surface area contributed by atoms with E-state index in [9.17, 15) is 5.11 Å². The van der Waals surface area contributed by atoms with E-state index in [1.54, 1.807) is 0 Å². The summed E-state index contributed by atoms with van der Waals surface area (Å²) in [5.74, 6) is 0.743. The Morgan fingerprint density at radius 1 is 1.21 bits per heavy atom. The van der Waals surface area contributed by atoms with Crippen molar-refractivity contribution in [3.05, 3.63) is 53.6 Å². The molecule has 0 saturated heterocycles. The monoisotopic (exact) mass is 255 g/mol. The summed E-state index contributed by atoms with van der Waals surface area (Å²) in [4.78, 5) is 5.55. The van der Waals surface area contributed by atoms with Gasteiger partial charge in [0.05, 0.1) is 6.61 Å². The lowest BCUT2D eigenvalue weighted by atomic mass is 9.53. The molecule has 1 saturated carbocycles. The number of hydrogen-bond acceptors (Lipinski definition) is 4. The Labute approximate surface area is 110 Å². The summed E-state index contributed by atoms with van der Waals surface area (Å²) in [5.41, 5.74) is 1.31. The zero-order chi connectivity index (χ0) is 13.1. The summed E-state index contributed by atoms with van der Waals surface area (Å²) >= 11 is 0. The molecule has 2 aliphatic carbocycles. The van der Waals surface area contributed by atoms with Crippen molar-refractivity contribution in [2.75, 3.05) is 6.61 Å². The van der Waals surface area contributed by atoms with Crippen LogP contribution < -0.4 is 4.74 Å². The Balaban J connectivity index is 1.80. The van der Waals surface area contributed by atoms with Crippen LogP contribution in [0.3, 0.4) is 0 Å². The first-order valence-corrected chi connectivity index (χ1v) is 6.26. The van der Waals surface area contributed by atoms with E-state index in [1.807, 2.05) is 49.4 Å². The highest BCUT2D eigenvalue weighted by molar-refractivity contribution is 6.06. The highest BCUT2D eigenvalue weighted by Crippen LogP contribution is 2.62. The largest absolute Gasteiger partial charge is 0.472 e. The van der Waals surface area contributed by atoms with Crippen molar-refractivity contribution < 1.29 is 14.7 Å². The van der Waals surface area contributed by atoms with E-state index in [4.69, 9.17) is 9.57 Å². The van der Waals surface area contributed by atoms with Crippen LogP contribution in [0.1, 0.15) is 6.92 Å². The van der Waals surface area contributed by atoms with Gasteiger partial charge in [-0.1, -0.05) is 35.5 Å². The maximum Gasteiger partial charge on any atom is 0.224 e. The van der Waals surface area contributed by atoms with Crippen molar-refractivity contribution in [3.63, 3.8) is 0 Å². The zero-order valence-corrected chi connectivity index (χ0v) is 10.5. The fourth-order valence-corrected chi connectivity index (χ4v) is 3.13. The van der Waals surface area contributed by atoms with Crippen molar-refractivity contribution >= 4 is 5.71 Å². The number of para-hydroxylation sites is 1. The first kappa shape index (κ1) is 10.8. The van der Waals surface area contributed by atoms with Crippen molar-refractivity contribution in [3.8, 4) is 5.75 Å². The molecule has 4 rings (SSSR count). The molecule has 3 aliphatic rings. The molecule has 96 valence electrons. The van der Waals surface area contributed by atoms with Gasteiger partial charge in [0.1, 0.15) is 11.5 Å². The van der Waals surface area contributed by atoms with Gasteiger partial charge in [0.2, 0.25) is 11.2 Å². The summed E-state index contributed by atoms with van der Waals surface area (Å²) in [5, 5.41) is 13.6. The third-order valence-corrected chi connectivity index (χ3v) is 4.18. The van der Waals surface area contributed by atoms with Crippen LogP contribution in [0.4, 0.5) is 0 Å². The molecule has 4 heteroatoms. The van der Waals surface area contributed by atoms with Gasteiger partial charge in [-0.25, -0.2) is 0 Å². The Morgan fingerprint density at radius 3 is 2.58 bits per heavy atom. The summed E-state index contributed by atoms with van der Waals surface area (Å²) in [6, 6.07) is 9.55. The van der Waals surface area contributed by atoms with E-state index in [-0.39, 0.29) is 6.61 Å². The minimum atomic E-state index is -0.771. The summed E-state index contributed by atoms with van der Waals surface area (Å²) in [7, 11) is 0. The zero-order valence-electron chi connectivity index (χ0n) is 10.5. The minimum absolute atomic E-state index is 0.174. The summed E-state index contributed by atoms with van der Waals surface area (Å²) in [6.45, 7) is 1.78. The van der Waals surface area contributed by atoms with Crippen molar-refractivity contribution in [1.82, 2.24) is 0 Å². The lowest BCUT2D eigenvalue weighted by Gasteiger charge is -2.56. The first-order valence-electron chi connectivity index (χ1n) is 6.26. The number of allylic oxidation sites excluding steroid dienone is 2. The molecule has 2 atom stereocenters. The number of benzene rings is 1. The Hall–Kier alpha value is -2.07. The standard InChI is InChI=1S/C15H13NO3/c1-14-11-7-8-12(11)15(14,13(9-17)16-19-14)18-10-5-3-2-4-6-10/h2-8,17H,9H2,1H3. The molecule has 0 spiro atoms. The Bertz CT molecular complexity index is 647. The van der Waals surface area contributed by atoms with Gasteiger partial charge in [0.25, 0.3) is 0 Å². The highest BCUT2D eigenvalue weighted by atomic mass is 16.7. The number of aliphatic hydroxyl groups excluding tert-OH is 1. The number of oxime groups is 1. The predicted octanol–water partition coefficient (Wildman–Crippen LogP) is 1.82. The van der Waals surface area contributed by atoms with E-state index >= 15 is 0 Å². The third kappa shape index (κ3) is 1.02. The summed E-state index contributed by atoms with van der Waals surface area (Å²) in [6.07, 6.45) is 4.01. The lowest BCUT2D eigenvalue weighted by Crippen LogP contribution is -2.71. The van der Waals surface area contributed by atoms with Crippen LogP contribution in [0.2, 0.25) is 0 Å². The molecule has 0 bridgehead atoms. The quantitative estimate of drug-likeness (QED) is 0.896. The van der Waals surface area contributed by atoms with Crippen LogP contribution in [0.15, 0.2) is 58.8 Å². The number of nitrogens with zero attached hydrogens (tertiary/aromatic N) is 1. The second-order valence-corrected chi connectivity index (χ2v) is 5.08. The molecular weight excluding hydrogens is 242 g/mol. The molecule has 0 amide bonds. The lowest BCUT2D eigenvalue weighted by molar-refractivity contribution is -0.0920. The molecule has 1 heterocycles. The van der Waals surface area contributed by atoms with E-state index in [0.717, 1.165) is 16.9 Å². The minimum Gasteiger partial charge on any atom is -0.472 e. The maximum absolute atomic E-state index is 9.54. The van der Waals surface area contributed by atoms with Crippen molar-refractivity contribution in [2.24, 2.45) is 5.16 Å². The molecule has 0 radical (unpaired) electrons. The van der Waals surface area contributed by atoms with Crippen LogP contribution in [-0.4, -0.2) is 28.6 Å². The fourth-order valence-electron chi connectivity index (χ4n) is 3.13. The molecule has 1 N–H and O–H groups in total. The van der Waals surface area contributed by atoms with Crippen LogP contribution in [-0.2, 0) is 4.84 Å². The van der Waals surface area contributed by atoms with E-state index in [2.05, 4.69) is 5.16 Å². The normalized spacial score (nSPS) is 33.7. The van der Waals surface area contributed by atoms with Gasteiger partial charge in [0.15, 0.2) is 0 Å². The summed E-state index contributed by atoms with van der Waals surface area (Å²) < 4.78 is 6.18. The molecule has 0 aromatic heterocycles. The highest BCUT2D eigenvalue weighted by Gasteiger charge is 2.75. The number of rotatable bonds is 3. The average molecular weight is 255 g/mol. The van der Waals surface area contributed by atoms with Crippen LogP contribution in [0, 0.1) is 0 Å². The first-order chi connectivity index (χ1) is 9.22. The van der Waals surface area contributed by atoms with Gasteiger partial charge < -0.3 is 14.7 Å². The average Bonchev–Trinajstić information content (AvgIpc) is 2.60. The third-order valence-electron chi connectivity index (χ3n) is 4.18. The molecule has 2 unspecified atom stereocenters. The van der Waals surface area contributed by atoms with Crippen LogP contribution in [0.25, 0.3) is 0 Å². The molecule has 1 aliphatic heterocycles. The van der Waals surface area contributed by atoms with E-state index in [1.165, 1.54) is 0 Å². The van der Waals surface area contributed by atoms with Crippen LogP contribution >= 0.6 is 0 Å². The van der Waals surface area contributed by atoms with Crippen molar-refractivity contribution in [1.29, 1.82) is 0 Å². The Kier molecular flexibility index (Phi) is 1.86. The SMILES string of the molecule is CC12ON=C(CO)C1(Oc1ccccc1)C1=CC=C12. The molecule has 1 aromatic rings. The van der Waals surface area contributed by atoms with Gasteiger partial charge in [-0.15, -0.1) is 0 Å². The molecule has 1 fully saturated rings. The number of ether oxygens (including phenoxy) is 1. The molecular formula is C15H13NO3. The van der Waals surface area contributed by atoms with Gasteiger partial charge in [-0.3, -0.25) is 0 Å². The smallest absolute Gasteiger partial charge is 0.224 e. The van der Waals surface area contributed by atoms with E-state index < -0.39 is 11.2 Å². The van der Waals surface area contributed by atoms with Gasteiger partial charge in [0, 0.05) is 11.1 Å². The van der Waals surface area contributed by atoms with Gasteiger partial charge >= 0.3 is 0 Å². The molecule has 4 nitrogen and oxygen atoms in total. The van der Waals surface area contributed by atoms with Crippen LogP contribution in [0.5, 0.6) is 5.75 Å². The topological polar surface area (TPSA) is 51.0 Å². The van der Waals surface area contributed by atoms with E-state index in [0.29, 0.717) is 5.71 Å². The second-order valence-electron chi connectivity index (χ2n) is 5.08. The number of fused-ring (bicyclic) bond motifs is 4. The van der Waals surface area contributed by atoms with Gasteiger partial charge in [-0.05, 0) is 19.1 Å². The van der Waals surface area contributed by atoms with Crippen molar-refractivity contribution in [2.45, 2.75) is 18.1 Å².